The normalized spacial score (nSPS) is 15.5. The van der Waals surface area contributed by atoms with Crippen molar-refractivity contribution < 1.29 is 17.7 Å². The predicted octanol–water partition coefficient (Wildman–Crippen LogP) is 4.30. The van der Waals surface area contributed by atoms with Crippen molar-refractivity contribution in [3.8, 4) is 11.4 Å². The standard InChI is InChI=1S/C23H25ClN4O4S/c1-3-16-4-7-19(8-5-16)26-23(29)17-10-12-28(13-11-17)33(30,31)21-14-18(6-9-20(21)24)22-25-15(2)32-27-22/h4-9,14,17H,3,10-13H2,1-2H3,(H,26,29). The lowest BCUT2D eigenvalue weighted by molar-refractivity contribution is -0.120. The molecule has 4 rings (SSSR count). The third-order valence-electron chi connectivity index (χ3n) is 5.79. The highest BCUT2D eigenvalue weighted by molar-refractivity contribution is 7.89. The monoisotopic (exact) mass is 488 g/mol. The molecule has 8 nitrogen and oxygen atoms in total. The summed E-state index contributed by atoms with van der Waals surface area (Å²) in [5.74, 6) is 0.323. The van der Waals surface area contributed by atoms with E-state index in [0.29, 0.717) is 30.1 Å². The molecule has 2 aromatic carbocycles. The van der Waals surface area contributed by atoms with Crippen molar-refractivity contribution in [3.05, 3.63) is 58.9 Å². The quantitative estimate of drug-likeness (QED) is 0.554. The molecule has 0 unspecified atom stereocenters. The van der Waals surface area contributed by atoms with E-state index in [2.05, 4.69) is 22.4 Å². The number of hydrogen-bond donors (Lipinski definition) is 1. The van der Waals surface area contributed by atoms with Crippen LogP contribution in [0.4, 0.5) is 5.69 Å². The molecule has 1 aliphatic rings. The Labute approximate surface area is 198 Å². The van der Waals surface area contributed by atoms with Crippen molar-refractivity contribution in [3.63, 3.8) is 0 Å². The Balaban J connectivity index is 1.44. The second-order valence-electron chi connectivity index (χ2n) is 8.00. The predicted molar refractivity (Wildman–Crippen MR) is 125 cm³/mol. The molecular formula is C23H25ClN4O4S. The zero-order chi connectivity index (χ0) is 23.6. The second-order valence-corrected chi connectivity index (χ2v) is 10.3. The summed E-state index contributed by atoms with van der Waals surface area (Å²) in [5, 5.41) is 6.90. The number of hydrogen-bond acceptors (Lipinski definition) is 6. The van der Waals surface area contributed by atoms with Crippen LogP contribution in [0.1, 0.15) is 31.2 Å². The van der Waals surface area contributed by atoms with Gasteiger partial charge in [0.1, 0.15) is 4.90 Å². The Morgan fingerprint density at radius 1 is 1.18 bits per heavy atom. The van der Waals surface area contributed by atoms with Crippen LogP contribution in [0.15, 0.2) is 51.9 Å². The first-order valence-electron chi connectivity index (χ1n) is 10.8. The van der Waals surface area contributed by atoms with Crippen molar-refractivity contribution in [2.75, 3.05) is 18.4 Å². The van der Waals surface area contributed by atoms with E-state index in [1.807, 2.05) is 24.3 Å². The van der Waals surface area contributed by atoms with Gasteiger partial charge in [0.25, 0.3) is 0 Å². The van der Waals surface area contributed by atoms with E-state index >= 15 is 0 Å². The Morgan fingerprint density at radius 3 is 2.48 bits per heavy atom. The SMILES string of the molecule is CCc1ccc(NC(=O)C2CCN(S(=O)(=O)c3cc(-c4noc(C)n4)ccc3Cl)CC2)cc1. The highest BCUT2D eigenvalue weighted by atomic mass is 35.5. The molecule has 1 N–H and O–H groups in total. The molecule has 0 radical (unpaired) electrons. The van der Waals surface area contributed by atoms with Crippen LogP contribution in [0.2, 0.25) is 5.02 Å². The van der Waals surface area contributed by atoms with E-state index in [9.17, 15) is 13.2 Å². The average Bonchev–Trinajstić information content (AvgIpc) is 3.26. The van der Waals surface area contributed by atoms with Gasteiger partial charge in [0, 0.05) is 37.2 Å². The molecule has 2 heterocycles. The van der Waals surface area contributed by atoms with Crippen molar-refractivity contribution in [2.24, 2.45) is 5.92 Å². The van der Waals surface area contributed by atoms with Crippen molar-refractivity contribution in [1.29, 1.82) is 0 Å². The van der Waals surface area contributed by atoms with Gasteiger partial charge in [-0.25, -0.2) is 8.42 Å². The van der Waals surface area contributed by atoms with Gasteiger partial charge in [0.2, 0.25) is 27.6 Å². The number of carbonyl (C=O) groups excluding carboxylic acids is 1. The summed E-state index contributed by atoms with van der Waals surface area (Å²) >= 11 is 6.25. The zero-order valence-corrected chi connectivity index (χ0v) is 20.0. The smallest absolute Gasteiger partial charge is 0.244 e. The molecular weight excluding hydrogens is 464 g/mol. The number of sulfonamides is 1. The van der Waals surface area contributed by atoms with E-state index in [4.69, 9.17) is 16.1 Å². The van der Waals surface area contributed by atoms with Gasteiger partial charge in [-0.05, 0) is 55.2 Å². The van der Waals surface area contributed by atoms with Gasteiger partial charge in [0.05, 0.1) is 5.02 Å². The summed E-state index contributed by atoms with van der Waals surface area (Å²) in [6, 6.07) is 12.4. The number of carbonyl (C=O) groups is 1. The molecule has 174 valence electrons. The Bertz CT molecular complexity index is 1250. The van der Waals surface area contributed by atoms with Crippen LogP contribution in [0.3, 0.4) is 0 Å². The molecule has 1 aromatic heterocycles. The van der Waals surface area contributed by atoms with Crippen LogP contribution < -0.4 is 5.32 Å². The van der Waals surface area contributed by atoms with Gasteiger partial charge in [-0.15, -0.1) is 0 Å². The molecule has 0 saturated carbocycles. The fourth-order valence-corrected chi connectivity index (χ4v) is 5.79. The number of piperidine rings is 1. The summed E-state index contributed by atoms with van der Waals surface area (Å²) < 4.78 is 33.0. The maximum atomic E-state index is 13.3. The van der Waals surface area contributed by atoms with Gasteiger partial charge in [-0.1, -0.05) is 35.8 Å². The van der Waals surface area contributed by atoms with Gasteiger partial charge < -0.3 is 9.84 Å². The minimum atomic E-state index is -3.85. The molecule has 33 heavy (non-hydrogen) atoms. The minimum Gasteiger partial charge on any atom is -0.339 e. The van der Waals surface area contributed by atoms with Crippen LogP contribution in [0.25, 0.3) is 11.4 Å². The summed E-state index contributed by atoms with van der Waals surface area (Å²) in [5.41, 5.74) is 2.44. The molecule has 0 spiro atoms. The van der Waals surface area contributed by atoms with Gasteiger partial charge >= 0.3 is 0 Å². The van der Waals surface area contributed by atoms with Crippen molar-refractivity contribution >= 4 is 33.2 Å². The van der Waals surface area contributed by atoms with Gasteiger partial charge in [-0.2, -0.15) is 9.29 Å². The van der Waals surface area contributed by atoms with Crippen LogP contribution in [0, 0.1) is 12.8 Å². The van der Waals surface area contributed by atoms with Crippen molar-refractivity contribution in [1.82, 2.24) is 14.4 Å². The van der Waals surface area contributed by atoms with Crippen molar-refractivity contribution in [2.45, 2.75) is 38.0 Å². The fourth-order valence-electron chi connectivity index (χ4n) is 3.82. The molecule has 10 heteroatoms. The minimum absolute atomic E-state index is 0.0111. The first-order valence-corrected chi connectivity index (χ1v) is 12.6. The maximum absolute atomic E-state index is 13.3. The number of halogens is 1. The molecule has 1 fully saturated rings. The van der Waals surface area contributed by atoms with Gasteiger partial charge in [-0.3, -0.25) is 4.79 Å². The first kappa shape index (κ1) is 23.4. The molecule has 0 bridgehead atoms. The number of anilines is 1. The molecule has 0 atom stereocenters. The summed E-state index contributed by atoms with van der Waals surface area (Å²) in [6.45, 7) is 4.20. The molecule has 3 aromatic rings. The van der Waals surface area contributed by atoms with Crippen LogP contribution in [0.5, 0.6) is 0 Å². The summed E-state index contributed by atoms with van der Waals surface area (Å²) in [4.78, 5) is 16.8. The first-order chi connectivity index (χ1) is 15.8. The van der Waals surface area contributed by atoms with E-state index in [0.717, 1.165) is 12.1 Å². The molecule has 1 amide bonds. The summed E-state index contributed by atoms with van der Waals surface area (Å²) in [6.07, 6.45) is 1.79. The fraction of sp³-hybridized carbons (Fsp3) is 0.348. The largest absolute Gasteiger partial charge is 0.339 e. The van der Waals surface area contributed by atoms with Crippen LogP contribution in [-0.4, -0.2) is 41.9 Å². The Kier molecular flexibility index (Phi) is 6.83. The van der Waals surface area contributed by atoms with E-state index < -0.39 is 10.0 Å². The Hall–Kier alpha value is -2.75. The lowest BCUT2D eigenvalue weighted by Gasteiger charge is -2.30. The van der Waals surface area contributed by atoms with E-state index in [1.165, 1.54) is 22.0 Å². The number of amides is 1. The number of nitrogens with one attached hydrogen (secondary N) is 1. The maximum Gasteiger partial charge on any atom is 0.244 e. The number of benzene rings is 2. The van der Waals surface area contributed by atoms with Crippen LogP contribution >= 0.6 is 11.6 Å². The lowest BCUT2D eigenvalue weighted by atomic mass is 9.97. The summed E-state index contributed by atoms with van der Waals surface area (Å²) in [7, 11) is -3.85. The second kappa shape index (κ2) is 9.62. The molecule has 1 aliphatic heterocycles. The third kappa shape index (κ3) is 5.10. The highest BCUT2D eigenvalue weighted by Gasteiger charge is 2.33. The topological polar surface area (TPSA) is 105 Å². The van der Waals surface area contributed by atoms with Crippen LogP contribution in [-0.2, 0) is 21.2 Å². The number of nitrogens with zero attached hydrogens (tertiary/aromatic N) is 3. The zero-order valence-electron chi connectivity index (χ0n) is 18.4. The molecule has 0 aliphatic carbocycles. The third-order valence-corrected chi connectivity index (χ3v) is 8.17. The average molecular weight is 489 g/mol. The number of aromatic nitrogens is 2. The highest BCUT2D eigenvalue weighted by Crippen LogP contribution is 2.31. The van der Waals surface area contributed by atoms with E-state index in [1.54, 1.807) is 13.0 Å². The van der Waals surface area contributed by atoms with Gasteiger partial charge in [0.15, 0.2) is 0 Å². The number of aryl methyl sites for hydroxylation is 2. The molecule has 1 saturated heterocycles. The van der Waals surface area contributed by atoms with E-state index in [-0.39, 0.29) is 34.8 Å². The Morgan fingerprint density at radius 2 is 1.88 bits per heavy atom. The number of rotatable bonds is 6. The lowest BCUT2D eigenvalue weighted by Crippen LogP contribution is -2.41.